The monoisotopic (exact) mass is 256 g/mol. The highest BCUT2D eigenvalue weighted by Gasteiger charge is 2.31. The van der Waals surface area contributed by atoms with Crippen molar-refractivity contribution in [3.63, 3.8) is 0 Å². The van der Waals surface area contributed by atoms with Gasteiger partial charge in [-0.15, -0.1) is 0 Å². The van der Waals surface area contributed by atoms with Crippen LogP contribution in [0.2, 0.25) is 0 Å². The van der Waals surface area contributed by atoms with Crippen molar-refractivity contribution in [3.8, 4) is 0 Å². The third kappa shape index (κ3) is 2.50. The molecular formula is C14H16N4O. The number of nitrogens with zero attached hydrogens (tertiary/aromatic N) is 3. The first-order valence-electron chi connectivity index (χ1n) is 6.41. The number of hydrogen-bond acceptors (Lipinski definition) is 3. The van der Waals surface area contributed by atoms with Crippen LogP contribution >= 0.6 is 0 Å². The molecule has 0 radical (unpaired) electrons. The van der Waals surface area contributed by atoms with Gasteiger partial charge in [-0.05, 0) is 31.4 Å². The highest BCUT2D eigenvalue weighted by molar-refractivity contribution is 6.04. The van der Waals surface area contributed by atoms with Crippen LogP contribution in [0, 0.1) is 6.92 Å². The average Bonchev–Trinajstić information content (AvgIpc) is 3.15. The van der Waals surface area contributed by atoms with Gasteiger partial charge in [-0.2, -0.15) is 5.10 Å². The maximum absolute atomic E-state index is 12.3. The number of aryl methyl sites for hydroxylation is 2. The van der Waals surface area contributed by atoms with Gasteiger partial charge in [0.15, 0.2) is 0 Å². The molecule has 1 fully saturated rings. The number of rotatable bonds is 3. The molecule has 2 aromatic heterocycles. The van der Waals surface area contributed by atoms with Crippen molar-refractivity contribution in [1.29, 1.82) is 0 Å². The minimum atomic E-state index is -0.133. The van der Waals surface area contributed by atoms with Crippen molar-refractivity contribution in [1.82, 2.24) is 14.8 Å². The zero-order chi connectivity index (χ0) is 13.4. The fraction of sp³-hybridized carbons (Fsp3) is 0.357. The summed E-state index contributed by atoms with van der Waals surface area (Å²) in [5.41, 5.74) is 2.64. The number of amides is 1. The molecule has 1 aliphatic rings. The maximum atomic E-state index is 12.3. The van der Waals surface area contributed by atoms with Gasteiger partial charge in [0.25, 0.3) is 5.91 Å². The number of carbonyl (C=O) groups excluding carboxylic acids is 1. The Bertz CT molecular complexity index is 611. The molecule has 5 nitrogen and oxygen atoms in total. The van der Waals surface area contributed by atoms with Crippen LogP contribution in [0.4, 0.5) is 5.82 Å². The van der Waals surface area contributed by atoms with Gasteiger partial charge in [0.1, 0.15) is 5.82 Å². The molecule has 0 saturated heterocycles. The fourth-order valence-corrected chi connectivity index (χ4v) is 2.06. The Labute approximate surface area is 111 Å². The number of pyridine rings is 1. The molecule has 1 amide bonds. The summed E-state index contributed by atoms with van der Waals surface area (Å²) >= 11 is 0. The molecule has 5 heteroatoms. The standard InChI is InChI=1S/C14H16N4O/c1-9-3-6-12(15-7-9)16-14(19)11-8-18(2)17-13(11)10-4-5-10/h3,6-8,10H,4-5H2,1-2H3,(H,15,16,19). The molecule has 0 aromatic carbocycles. The van der Waals surface area contributed by atoms with E-state index in [0.717, 1.165) is 24.1 Å². The minimum Gasteiger partial charge on any atom is -0.306 e. The molecule has 1 aliphatic carbocycles. The number of anilines is 1. The molecule has 19 heavy (non-hydrogen) atoms. The quantitative estimate of drug-likeness (QED) is 0.916. The highest BCUT2D eigenvalue weighted by Crippen LogP contribution is 2.40. The van der Waals surface area contributed by atoms with Gasteiger partial charge in [-0.3, -0.25) is 9.48 Å². The van der Waals surface area contributed by atoms with Crippen LogP contribution in [0.15, 0.2) is 24.5 Å². The number of carbonyl (C=O) groups is 1. The molecule has 98 valence electrons. The number of hydrogen-bond donors (Lipinski definition) is 1. The lowest BCUT2D eigenvalue weighted by atomic mass is 10.1. The summed E-state index contributed by atoms with van der Waals surface area (Å²) in [7, 11) is 1.84. The van der Waals surface area contributed by atoms with Crippen LogP contribution in [-0.4, -0.2) is 20.7 Å². The van der Waals surface area contributed by atoms with E-state index in [9.17, 15) is 4.79 Å². The van der Waals surface area contributed by atoms with Crippen LogP contribution in [-0.2, 0) is 7.05 Å². The second-order valence-corrected chi connectivity index (χ2v) is 5.05. The Kier molecular flexibility index (Phi) is 2.81. The van der Waals surface area contributed by atoms with Crippen LogP contribution in [0.3, 0.4) is 0 Å². The van der Waals surface area contributed by atoms with E-state index in [0.29, 0.717) is 17.3 Å². The second-order valence-electron chi connectivity index (χ2n) is 5.05. The Balaban J connectivity index is 1.82. The van der Waals surface area contributed by atoms with Gasteiger partial charge in [0.05, 0.1) is 11.3 Å². The van der Waals surface area contributed by atoms with E-state index in [2.05, 4.69) is 15.4 Å². The predicted molar refractivity (Wildman–Crippen MR) is 72.1 cm³/mol. The lowest BCUT2D eigenvalue weighted by molar-refractivity contribution is 0.102. The molecule has 1 N–H and O–H groups in total. The zero-order valence-corrected chi connectivity index (χ0v) is 11.1. The lowest BCUT2D eigenvalue weighted by Gasteiger charge is -2.04. The highest BCUT2D eigenvalue weighted by atomic mass is 16.1. The normalized spacial score (nSPS) is 14.4. The molecule has 3 rings (SSSR count). The smallest absolute Gasteiger partial charge is 0.260 e. The molecule has 0 aliphatic heterocycles. The molecule has 0 unspecified atom stereocenters. The lowest BCUT2D eigenvalue weighted by Crippen LogP contribution is -2.14. The van der Waals surface area contributed by atoms with Crippen molar-refractivity contribution in [2.75, 3.05) is 5.32 Å². The third-order valence-corrected chi connectivity index (χ3v) is 3.22. The summed E-state index contributed by atoms with van der Waals surface area (Å²) in [6.45, 7) is 1.96. The molecule has 1 saturated carbocycles. The summed E-state index contributed by atoms with van der Waals surface area (Å²) in [6.07, 6.45) is 5.76. The van der Waals surface area contributed by atoms with E-state index < -0.39 is 0 Å². The first-order valence-corrected chi connectivity index (χ1v) is 6.41. The van der Waals surface area contributed by atoms with E-state index in [1.165, 1.54) is 0 Å². The van der Waals surface area contributed by atoms with Crippen molar-refractivity contribution >= 4 is 11.7 Å². The SMILES string of the molecule is Cc1ccc(NC(=O)c2cn(C)nc2C2CC2)nc1. The van der Waals surface area contributed by atoms with E-state index in [1.54, 1.807) is 23.1 Å². The van der Waals surface area contributed by atoms with Crippen LogP contribution in [0.1, 0.15) is 40.4 Å². The molecular weight excluding hydrogens is 240 g/mol. The second kappa shape index (κ2) is 4.50. The van der Waals surface area contributed by atoms with Gasteiger partial charge >= 0.3 is 0 Å². The van der Waals surface area contributed by atoms with Gasteiger partial charge in [0, 0.05) is 25.4 Å². The Morgan fingerprint density at radius 1 is 1.42 bits per heavy atom. The number of nitrogens with one attached hydrogen (secondary N) is 1. The van der Waals surface area contributed by atoms with Crippen LogP contribution < -0.4 is 5.32 Å². The Morgan fingerprint density at radius 3 is 2.84 bits per heavy atom. The molecule has 0 spiro atoms. The summed E-state index contributed by atoms with van der Waals surface area (Å²) in [4.78, 5) is 16.4. The van der Waals surface area contributed by atoms with Crippen molar-refractivity contribution < 1.29 is 4.79 Å². The number of aromatic nitrogens is 3. The van der Waals surface area contributed by atoms with Gasteiger partial charge in [-0.1, -0.05) is 6.07 Å². The summed E-state index contributed by atoms with van der Waals surface area (Å²) in [5.74, 6) is 0.889. The van der Waals surface area contributed by atoms with Crippen molar-refractivity contribution in [3.05, 3.63) is 41.3 Å². The Hall–Kier alpha value is -2.17. The predicted octanol–water partition coefficient (Wildman–Crippen LogP) is 2.25. The molecule has 0 atom stereocenters. The first kappa shape index (κ1) is 11.9. The van der Waals surface area contributed by atoms with Gasteiger partial charge < -0.3 is 5.32 Å². The van der Waals surface area contributed by atoms with Crippen molar-refractivity contribution in [2.24, 2.45) is 7.05 Å². The molecule has 2 heterocycles. The van der Waals surface area contributed by atoms with E-state index in [1.807, 2.05) is 20.0 Å². The van der Waals surface area contributed by atoms with Crippen LogP contribution in [0.25, 0.3) is 0 Å². The zero-order valence-electron chi connectivity index (χ0n) is 11.1. The topological polar surface area (TPSA) is 59.8 Å². The first-order chi connectivity index (χ1) is 9.13. The largest absolute Gasteiger partial charge is 0.306 e. The van der Waals surface area contributed by atoms with E-state index in [4.69, 9.17) is 0 Å². The van der Waals surface area contributed by atoms with E-state index >= 15 is 0 Å². The minimum absolute atomic E-state index is 0.133. The van der Waals surface area contributed by atoms with E-state index in [-0.39, 0.29) is 5.91 Å². The third-order valence-electron chi connectivity index (χ3n) is 3.22. The van der Waals surface area contributed by atoms with Crippen molar-refractivity contribution in [2.45, 2.75) is 25.7 Å². The summed E-state index contributed by atoms with van der Waals surface area (Å²) < 4.78 is 1.70. The van der Waals surface area contributed by atoms with Gasteiger partial charge in [0.2, 0.25) is 0 Å². The van der Waals surface area contributed by atoms with Crippen LogP contribution in [0.5, 0.6) is 0 Å². The summed E-state index contributed by atoms with van der Waals surface area (Å²) in [6, 6.07) is 3.73. The Morgan fingerprint density at radius 2 is 2.21 bits per heavy atom. The fourth-order valence-electron chi connectivity index (χ4n) is 2.06. The summed E-state index contributed by atoms with van der Waals surface area (Å²) in [5, 5.41) is 7.20. The van der Waals surface area contributed by atoms with Gasteiger partial charge in [-0.25, -0.2) is 4.98 Å². The average molecular weight is 256 g/mol. The maximum Gasteiger partial charge on any atom is 0.260 e. The molecule has 0 bridgehead atoms. The molecule has 2 aromatic rings.